The summed E-state index contributed by atoms with van der Waals surface area (Å²) < 4.78 is 40.6. The zero-order chi connectivity index (χ0) is 14.8. The second kappa shape index (κ2) is 5.91. The van der Waals surface area contributed by atoms with Gasteiger partial charge in [-0.1, -0.05) is 15.9 Å². The van der Waals surface area contributed by atoms with E-state index in [1.165, 1.54) is 0 Å². The molecule has 0 radical (unpaired) electrons. The van der Waals surface area contributed by atoms with Gasteiger partial charge >= 0.3 is 6.18 Å². The van der Waals surface area contributed by atoms with Crippen LogP contribution in [0.5, 0.6) is 0 Å². The van der Waals surface area contributed by atoms with Crippen molar-refractivity contribution in [1.29, 1.82) is 0 Å². The summed E-state index contributed by atoms with van der Waals surface area (Å²) in [5.41, 5.74) is 0.803. The Hall–Kier alpha value is -1.43. The lowest BCUT2D eigenvalue weighted by Crippen LogP contribution is -2.08. The van der Waals surface area contributed by atoms with Gasteiger partial charge in [0.05, 0.1) is 12.1 Å². The smallest absolute Gasteiger partial charge is 0.379 e. The predicted molar refractivity (Wildman–Crippen MR) is 76.6 cm³/mol. The lowest BCUT2D eigenvalue weighted by Gasteiger charge is -2.13. The first kappa shape index (κ1) is 15.0. The van der Waals surface area contributed by atoms with Crippen LogP contribution in [0.15, 0.2) is 41.0 Å². The second-order valence-electron chi connectivity index (χ2n) is 4.37. The summed E-state index contributed by atoms with van der Waals surface area (Å²) >= 11 is 3.11. The van der Waals surface area contributed by atoms with Crippen LogP contribution in [0.25, 0.3) is 0 Å². The van der Waals surface area contributed by atoms with Gasteiger partial charge in [-0.2, -0.15) is 13.2 Å². The molecule has 2 nitrogen and oxygen atoms in total. The van der Waals surface area contributed by atoms with E-state index in [9.17, 15) is 13.2 Å². The second-order valence-corrected chi connectivity index (χ2v) is 5.28. The van der Waals surface area contributed by atoms with E-state index in [4.69, 9.17) is 0 Å². The highest BCUT2D eigenvalue weighted by Gasteiger charge is 2.31. The molecule has 108 valence electrons. The van der Waals surface area contributed by atoms with Crippen LogP contribution in [0.4, 0.5) is 18.9 Å². The molecular weight excluding hydrogens is 333 g/mol. The Kier molecular flexibility index (Phi) is 4.42. The number of hydrogen-bond donors (Lipinski definition) is 1. The Morgan fingerprint density at radius 1 is 1.25 bits per heavy atom. The van der Waals surface area contributed by atoms with Gasteiger partial charge in [0.15, 0.2) is 0 Å². The lowest BCUT2D eigenvalue weighted by molar-refractivity contribution is -0.137. The first-order valence-corrected chi connectivity index (χ1v) is 6.95. The van der Waals surface area contributed by atoms with Crippen molar-refractivity contribution in [2.75, 3.05) is 5.32 Å². The normalized spacial score (nSPS) is 11.7. The van der Waals surface area contributed by atoms with Gasteiger partial charge in [-0.05, 0) is 37.3 Å². The summed E-state index contributed by atoms with van der Waals surface area (Å²) in [4.78, 5) is 0. The van der Waals surface area contributed by atoms with Crippen LogP contribution in [0.2, 0.25) is 0 Å². The maximum atomic E-state index is 12.7. The largest absolute Gasteiger partial charge is 0.416 e. The summed E-state index contributed by atoms with van der Waals surface area (Å²) in [7, 11) is 0. The minimum Gasteiger partial charge on any atom is -0.379 e. The quantitative estimate of drug-likeness (QED) is 0.832. The Morgan fingerprint density at radius 3 is 2.65 bits per heavy atom. The zero-order valence-corrected chi connectivity index (χ0v) is 12.4. The average molecular weight is 347 g/mol. The molecule has 0 aliphatic rings. The Labute approximate surface area is 123 Å². The zero-order valence-electron chi connectivity index (χ0n) is 10.8. The van der Waals surface area contributed by atoms with Crippen molar-refractivity contribution >= 4 is 21.6 Å². The van der Waals surface area contributed by atoms with Crippen LogP contribution in [-0.4, -0.2) is 4.57 Å². The summed E-state index contributed by atoms with van der Waals surface area (Å²) in [6.07, 6.45) is -2.40. The van der Waals surface area contributed by atoms with Crippen LogP contribution >= 0.6 is 15.9 Å². The number of nitrogens with zero attached hydrogens (tertiary/aromatic N) is 1. The van der Waals surface area contributed by atoms with Crippen molar-refractivity contribution in [2.45, 2.75) is 26.2 Å². The molecule has 0 bridgehead atoms. The molecule has 0 amide bonds. The molecular formula is C14H14BrF3N2. The molecule has 2 rings (SSSR count). The van der Waals surface area contributed by atoms with Crippen molar-refractivity contribution in [3.05, 3.63) is 52.3 Å². The van der Waals surface area contributed by atoms with E-state index in [0.29, 0.717) is 16.7 Å². The first-order chi connectivity index (χ1) is 9.40. The van der Waals surface area contributed by atoms with Gasteiger partial charge in [-0.3, -0.25) is 0 Å². The number of benzene rings is 1. The van der Waals surface area contributed by atoms with Gasteiger partial charge in [0.1, 0.15) is 0 Å². The van der Waals surface area contributed by atoms with Crippen molar-refractivity contribution in [1.82, 2.24) is 4.57 Å². The Morgan fingerprint density at radius 2 is 2.00 bits per heavy atom. The Bertz CT molecular complexity index is 590. The molecule has 0 fully saturated rings. The highest BCUT2D eigenvalue weighted by molar-refractivity contribution is 9.10. The maximum Gasteiger partial charge on any atom is 0.416 e. The monoisotopic (exact) mass is 346 g/mol. The summed E-state index contributed by atoms with van der Waals surface area (Å²) in [6.45, 7) is 3.33. The molecule has 0 saturated heterocycles. The summed E-state index contributed by atoms with van der Waals surface area (Å²) in [5.74, 6) is 0. The maximum absolute atomic E-state index is 12.7. The molecule has 0 aliphatic carbocycles. The van der Waals surface area contributed by atoms with Crippen LogP contribution in [-0.2, 0) is 19.3 Å². The molecule has 1 aromatic carbocycles. The molecule has 1 heterocycles. The molecule has 1 N–H and O–H groups in total. The third-order valence-electron chi connectivity index (χ3n) is 2.96. The predicted octanol–water partition coefficient (Wildman–Crippen LogP) is 4.90. The number of aryl methyl sites for hydroxylation is 1. The van der Waals surface area contributed by atoms with Crippen molar-refractivity contribution in [3.8, 4) is 0 Å². The molecule has 20 heavy (non-hydrogen) atoms. The third-order valence-corrected chi connectivity index (χ3v) is 3.42. The molecule has 0 saturated carbocycles. The van der Waals surface area contributed by atoms with Crippen molar-refractivity contribution in [3.63, 3.8) is 0 Å². The molecule has 6 heteroatoms. The number of hydrogen-bond acceptors (Lipinski definition) is 1. The molecule has 0 spiro atoms. The van der Waals surface area contributed by atoms with E-state index in [0.717, 1.165) is 24.4 Å². The number of halogens is 4. The number of aromatic nitrogens is 1. The van der Waals surface area contributed by atoms with E-state index < -0.39 is 11.7 Å². The standard InChI is InChI=1S/C14H14BrF3N2/c1-2-20-5-3-4-13(20)9-19-12-7-10(14(16,17)18)6-11(15)8-12/h3-8,19H,2,9H2,1H3. The first-order valence-electron chi connectivity index (χ1n) is 6.16. The van der Waals surface area contributed by atoms with Crippen molar-refractivity contribution < 1.29 is 13.2 Å². The van der Waals surface area contributed by atoms with Gasteiger partial charge in [0.2, 0.25) is 0 Å². The third kappa shape index (κ3) is 3.56. The van der Waals surface area contributed by atoms with Crippen molar-refractivity contribution in [2.24, 2.45) is 0 Å². The fourth-order valence-corrected chi connectivity index (χ4v) is 2.46. The summed E-state index contributed by atoms with van der Waals surface area (Å²) in [5, 5.41) is 3.02. The molecule has 1 aromatic heterocycles. The van der Waals surface area contributed by atoms with E-state index >= 15 is 0 Å². The fourth-order valence-electron chi connectivity index (χ4n) is 1.97. The lowest BCUT2D eigenvalue weighted by atomic mass is 10.2. The minimum absolute atomic E-state index is 0.403. The minimum atomic E-state index is -4.34. The highest BCUT2D eigenvalue weighted by atomic mass is 79.9. The van der Waals surface area contributed by atoms with Crippen LogP contribution in [0.1, 0.15) is 18.2 Å². The topological polar surface area (TPSA) is 17.0 Å². The summed E-state index contributed by atoms with van der Waals surface area (Å²) in [6, 6.07) is 7.68. The Balaban J connectivity index is 2.16. The number of alkyl halides is 3. The number of anilines is 1. The van der Waals surface area contributed by atoms with Crippen LogP contribution in [0.3, 0.4) is 0 Å². The number of nitrogens with one attached hydrogen (secondary N) is 1. The van der Waals surface area contributed by atoms with Gasteiger partial charge < -0.3 is 9.88 Å². The molecule has 2 aromatic rings. The average Bonchev–Trinajstić information content (AvgIpc) is 2.82. The molecule has 0 unspecified atom stereocenters. The van der Waals surface area contributed by atoms with E-state index in [1.807, 2.05) is 29.8 Å². The van der Waals surface area contributed by atoms with E-state index in [2.05, 4.69) is 21.2 Å². The molecule has 0 aliphatic heterocycles. The van der Waals surface area contributed by atoms with Gasteiger partial charge in [0.25, 0.3) is 0 Å². The van der Waals surface area contributed by atoms with Crippen LogP contribution in [0, 0.1) is 0 Å². The highest BCUT2D eigenvalue weighted by Crippen LogP contribution is 2.33. The van der Waals surface area contributed by atoms with Gasteiger partial charge in [-0.25, -0.2) is 0 Å². The SMILES string of the molecule is CCn1cccc1CNc1cc(Br)cc(C(F)(F)F)c1. The fraction of sp³-hybridized carbons (Fsp3) is 0.286. The van der Waals surface area contributed by atoms with E-state index in [1.54, 1.807) is 6.07 Å². The number of rotatable bonds is 4. The molecule has 0 atom stereocenters. The van der Waals surface area contributed by atoms with E-state index in [-0.39, 0.29) is 0 Å². The van der Waals surface area contributed by atoms with Crippen LogP contribution < -0.4 is 5.32 Å². The van der Waals surface area contributed by atoms with Gasteiger partial charge in [-0.15, -0.1) is 0 Å². The van der Waals surface area contributed by atoms with Gasteiger partial charge in [0, 0.05) is 28.6 Å².